The van der Waals surface area contributed by atoms with Crippen LogP contribution in [0.2, 0.25) is 0 Å². The van der Waals surface area contributed by atoms with E-state index < -0.39 is 23.4 Å². The van der Waals surface area contributed by atoms with Gasteiger partial charge >= 0.3 is 12.1 Å². The maximum atomic E-state index is 12.4. The Labute approximate surface area is 88.7 Å². The fourth-order valence-corrected chi connectivity index (χ4v) is 1.06. The molecule has 0 aliphatic carbocycles. The topological polar surface area (TPSA) is 59.4 Å². The number of hydrogen-bond donors (Lipinski definition) is 1. The smallest absolute Gasteiger partial charge is 0.434 e. The standard InChI is InChI=1S/C9H8F3NO3/c1-2-16-6-4-3-5(8(14)15)7(13-6)9(10,11)12/h3-4H,2H2,1H3,(H,14,15). The Morgan fingerprint density at radius 3 is 2.56 bits per heavy atom. The molecule has 0 atom stereocenters. The molecule has 1 aromatic rings. The number of carboxylic acid groups (broad SMARTS) is 1. The Morgan fingerprint density at radius 1 is 1.50 bits per heavy atom. The molecule has 0 bridgehead atoms. The van der Waals surface area contributed by atoms with Gasteiger partial charge < -0.3 is 9.84 Å². The van der Waals surface area contributed by atoms with E-state index in [4.69, 9.17) is 9.84 Å². The zero-order valence-corrected chi connectivity index (χ0v) is 8.21. The lowest BCUT2D eigenvalue weighted by atomic mass is 10.2. The minimum absolute atomic E-state index is 0.150. The van der Waals surface area contributed by atoms with Crippen LogP contribution in [0.5, 0.6) is 5.88 Å². The Bertz CT molecular complexity index is 403. The summed E-state index contributed by atoms with van der Waals surface area (Å²) >= 11 is 0. The van der Waals surface area contributed by atoms with Crippen molar-refractivity contribution < 1.29 is 27.8 Å². The summed E-state index contributed by atoms with van der Waals surface area (Å²) in [7, 11) is 0. The average molecular weight is 235 g/mol. The van der Waals surface area contributed by atoms with Crippen molar-refractivity contribution in [2.75, 3.05) is 6.61 Å². The quantitative estimate of drug-likeness (QED) is 0.872. The lowest BCUT2D eigenvalue weighted by Crippen LogP contribution is -2.16. The van der Waals surface area contributed by atoms with Gasteiger partial charge in [-0.1, -0.05) is 0 Å². The number of aromatic carboxylic acids is 1. The van der Waals surface area contributed by atoms with E-state index in [1.54, 1.807) is 6.92 Å². The predicted molar refractivity (Wildman–Crippen MR) is 47.4 cm³/mol. The van der Waals surface area contributed by atoms with Crippen LogP contribution in [0.3, 0.4) is 0 Å². The number of carboxylic acids is 1. The second kappa shape index (κ2) is 4.38. The Kier molecular flexibility index (Phi) is 3.36. The molecule has 0 spiro atoms. The lowest BCUT2D eigenvalue weighted by Gasteiger charge is -2.10. The molecule has 0 saturated heterocycles. The maximum Gasteiger partial charge on any atom is 0.434 e. The monoisotopic (exact) mass is 235 g/mol. The number of hydrogen-bond acceptors (Lipinski definition) is 3. The van der Waals surface area contributed by atoms with Crippen LogP contribution in [0.15, 0.2) is 12.1 Å². The van der Waals surface area contributed by atoms with Crippen molar-refractivity contribution in [2.45, 2.75) is 13.1 Å². The van der Waals surface area contributed by atoms with Gasteiger partial charge in [-0.05, 0) is 13.0 Å². The highest BCUT2D eigenvalue weighted by atomic mass is 19.4. The normalized spacial score (nSPS) is 11.2. The summed E-state index contributed by atoms with van der Waals surface area (Å²) in [5, 5.41) is 8.57. The van der Waals surface area contributed by atoms with Crippen molar-refractivity contribution in [2.24, 2.45) is 0 Å². The second-order valence-electron chi connectivity index (χ2n) is 2.78. The second-order valence-corrected chi connectivity index (χ2v) is 2.78. The summed E-state index contributed by atoms with van der Waals surface area (Å²) in [6.07, 6.45) is -4.82. The fourth-order valence-electron chi connectivity index (χ4n) is 1.06. The zero-order valence-electron chi connectivity index (χ0n) is 8.21. The van der Waals surface area contributed by atoms with E-state index in [0.29, 0.717) is 0 Å². The molecule has 0 radical (unpaired) electrons. The number of carbonyl (C=O) groups is 1. The van der Waals surface area contributed by atoms with Crippen molar-refractivity contribution in [3.63, 3.8) is 0 Å². The van der Waals surface area contributed by atoms with Crippen LogP contribution < -0.4 is 4.74 Å². The molecule has 16 heavy (non-hydrogen) atoms. The molecule has 0 aliphatic heterocycles. The van der Waals surface area contributed by atoms with Crippen LogP contribution >= 0.6 is 0 Å². The van der Waals surface area contributed by atoms with Gasteiger partial charge in [0.2, 0.25) is 5.88 Å². The van der Waals surface area contributed by atoms with E-state index in [9.17, 15) is 18.0 Å². The molecule has 0 aromatic carbocycles. The van der Waals surface area contributed by atoms with Crippen molar-refractivity contribution in [1.82, 2.24) is 4.98 Å². The van der Waals surface area contributed by atoms with Gasteiger partial charge in [0.1, 0.15) is 0 Å². The first-order valence-electron chi connectivity index (χ1n) is 4.30. The van der Waals surface area contributed by atoms with Crippen molar-refractivity contribution in [1.29, 1.82) is 0 Å². The highest BCUT2D eigenvalue weighted by Gasteiger charge is 2.37. The zero-order chi connectivity index (χ0) is 12.3. The van der Waals surface area contributed by atoms with Gasteiger partial charge in [0.05, 0.1) is 12.2 Å². The average Bonchev–Trinajstić information content (AvgIpc) is 2.16. The highest BCUT2D eigenvalue weighted by molar-refractivity contribution is 5.89. The van der Waals surface area contributed by atoms with E-state index in [1.165, 1.54) is 0 Å². The summed E-state index contributed by atoms with van der Waals surface area (Å²) in [5.74, 6) is -1.93. The predicted octanol–water partition coefficient (Wildman–Crippen LogP) is 2.20. The molecule has 1 rings (SSSR count). The number of aromatic nitrogens is 1. The lowest BCUT2D eigenvalue weighted by molar-refractivity contribution is -0.141. The van der Waals surface area contributed by atoms with Crippen LogP contribution in [0, 0.1) is 0 Å². The molecule has 0 amide bonds. The van der Waals surface area contributed by atoms with Crippen molar-refractivity contribution >= 4 is 5.97 Å². The Balaban J connectivity index is 3.27. The number of ether oxygens (including phenoxy) is 1. The van der Waals surface area contributed by atoms with E-state index in [0.717, 1.165) is 12.1 Å². The molecule has 1 aromatic heterocycles. The summed E-state index contributed by atoms with van der Waals surface area (Å²) in [6, 6.07) is 1.91. The molecule has 1 heterocycles. The summed E-state index contributed by atoms with van der Waals surface area (Å²) in [6.45, 7) is 1.73. The van der Waals surface area contributed by atoms with Crippen molar-refractivity contribution in [3.05, 3.63) is 23.4 Å². The molecule has 0 saturated carbocycles. The van der Waals surface area contributed by atoms with E-state index >= 15 is 0 Å². The van der Waals surface area contributed by atoms with Crippen LogP contribution in [0.1, 0.15) is 23.0 Å². The number of pyridine rings is 1. The van der Waals surface area contributed by atoms with Gasteiger partial charge in [0, 0.05) is 6.07 Å². The third-order valence-corrected chi connectivity index (χ3v) is 1.66. The third-order valence-electron chi connectivity index (χ3n) is 1.66. The first-order valence-corrected chi connectivity index (χ1v) is 4.30. The SMILES string of the molecule is CCOc1ccc(C(=O)O)c(C(F)(F)F)n1. The van der Waals surface area contributed by atoms with E-state index in [2.05, 4.69) is 4.98 Å². The molecular formula is C9H8F3NO3. The Morgan fingerprint density at radius 2 is 2.12 bits per heavy atom. The summed E-state index contributed by atoms with van der Waals surface area (Å²) < 4.78 is 42.1. The van der Waals surface area contributed by atoms with Gasteiger partial charge in [-0.25, -0.2) is 9.78 Å². The van der Waals surface area contributed by atoms with Gasteiger partial charge in [-0.2, -0.15) is 13.2 Å². The number of halogens is 3. The minimum atomic E-state index is -4.82. The molecular weight excluding hydrogens is 227 g/mol. The van der Waals surface area contributed by atoms with E-state index in [1.807, 2.05) is 0 Å². The van der Waals surface area contributed by atoms with Gasteiger partial charge in [0.15, 0.2) is 5.69 Å². The highest BCUT2D eigenvalue weighted by Crippen LogP contribution is 2.31. The minimum Gasteiger partial charge on any atom is -0.478 e. The van der Waals surface area contributed by atoms with Crippen LogP contribution in [0.4, 0.5) is 13.2 Å². The molecule has 0 aliphatic rings. The van der Waals surface area contributed by atoms with Crippen LogP contribution in [-0.2, 0) is 6.18 Å². The molecule has 88 valence electrons. The van der Waals surface area contributed by atoms with Crippen LogP contribution in [0.25, 0.3) is 0 Å². The Hall–Kier alpha value is -1.79. The number of rotatable bonds is 3. The summed E-state index contributed by atoms with van der Waals surface area (Å²) in [4.78, 5) is 13.7. The molecule has 0 fully saturated rings. The first-order chi connectivity index (χ1) is 7.36. The van der Waals surface area contributed by atoms with E-state index in [-0.39, 0.29) is 12.5 Å². The van der Waals surface area contributed by atoms with Gasteiger partial charge in [-0.15, -0.1) is 0 Å². The molecule has 1 N–H and O–H groups in total. The van der Waals surface area contributed by atoms with Crippen molar-refractivity contribution in [3.8, 4) is 5.88 Å². The fraction of sp³-hybridized carbons (Fsp3) is 0.333. The first kappa shape index (κ1) is 12.3. The van der Waals surface area contributed by atoms with Crippen LogP contribution in [-0.4, -0.2) is 22.7 Å². The number of alkyl halides is 3. The molecule has 0 unspecified atom stereocenters. The van der Waals surface area contributed by atoms with Gasteiger partial charge in [0.25, 0.3) is 0 Å². The molecule has 7 heteroatoms. The molecule has 4 nitrogen and oxygen atoms in total. The third kappa shape index (κ3) is 2.62. The summed E-state index contributed by atoms with van der Waals surface area (Å²) in [5.41, 5.74) is -2.35. The number of nitrogens with zero attached hydrogens (tertiary/aromatic N) is 1. The maximum absolute atomic E-state index is 12.4. The van der Waals surface area contributed by atoms with Gasteiger partial charge in [-0.3, -0.25) is 0 Å². The largest absolute Gasteiger partial charge is 0.478 e.